The topological polar surface area (TPSA) is 32.8 Å². The van der Waals surface area contributed by atoms with Crippen LogP contribution < -0.4 is 30.5 Å². The molecule has 0 fully saturated rings. The summed E-state index contributed by atoms with van der Waals surface area (Å²) in [5.74, 6) is 0. The molecule has 8 aromatic carbocycles. The first kappa shape index (κ1) is 52.3. The lowest BCUT2D eigenvalue weighted by atomic mass is 9.82. The molecule has 2 aliphatic heterocycles. The van der Waals surface area contributed by atoms with Crippen LogP contribution in [0.2, 0.25) is 26.2 Å². The van der Waals surface area contributed by atoms with Gasteiger partial charge in [0.25, 0.3) is 0 Å². The zero-order valence-corrected chi connectivity index (χ0v) is 52.1. The highest BCUT2D eigenvalue weighted by molar-refractivity contribution is 7.06. The van der Waals surface area contributed by atoms with Gasteiger partial charge in [-0.15, -0.1) is 0 Å². The number of hydrogen-bond donors (Lipinski definition) is 0. The summed E-state index contributed by atoms with van der Waals surface area (Å²) >= 11 is 0. The lowest BCUT2D eigenvalue weighted by molar-refractivity contribution is 0.510. The van der Waals surface area contributed by atoms with Crippen LogP contribution in [0.25, 0.3) is 66.1 Å². The monoisotopic (exact) mass is 1080 g/mol. The summed E-state index contributed by atoms with van der Waals surface area (Å²) in [5, 5.41) is 10.4. The van der Waals surface area contributed by atoms with Gasteiger partial charge in [0, 0.05) is 39.0 Å². The van der Waals surface area contributed by atoms with Gasteiger partial charge in [-0.1, -0.05) is 212 Å². The summed E-state index contributed by atoms with van der Waals surface area (Å²) in [4.78, 5) is 5.14. The van der Waals surface area contributed by atoms with Crippen LogP contribution in [-0.4, -0.2) is 22.2 Å². The molecule has 6 heteroatoms. The van der Waals surface area contributed by atoms with Crippen LogP contribution >= 0.6 is 0 Å². The van der Waals surface area contributed by atoms with Crippen molar-refractivity contribution >= 4 is 109 Å². The normalized spacial score (nSPS) is 16.6. The number of fused-ring (bicyclic) bond motifs is 14. The van der Waals surface area contributed by atoms with E-state index in [-0.39, 0.29) is 27.7 Å². The molecule has 10 aromatic rings. The average molecular weight is 1080 g/mol. The predicted octanol–water partition coefficient (Wildman–Crippen LogP) is 18.9. The Labute approximate surface area is 476 Å². The first-order chi connectivity index (χ1) is 37.7. The molecule has 0 radical (unpaired) electrons. The Morgan fingerprint density at radius 3 is 1.24 bits per heavy atom. The number of nitrogens with zero attached hydrogens (tertiary/aromatic N) is 2. The van der Waals surface area contributed by atoms with Crippen molar-refractivity contribution in [2.75, 3.05) is 9.80 Å². The minimum Gasteiger partial charge on any atom is -0.455 e. The average Bonchev–Trinajstić information content (AvgIpc) is 4.31. The Hall–Kier alpha value is -7.13. The second-order valence-electron chi connectivity index (χ2n) is 28.6. The third kappa shape index (κ3) is 8.09. The van der Waals surface area contributed by atoms with Crippen LogP contribution in [0, 0.1) is 5.41 Å². The molecule has 1 atom stereocenters. The summed E-state index contributed by atoms with van der Waals surface area (Å²) in [5.41, 5.74) is 20.4. The SMILES string of the molecule is CC(C)(C)C1=CCC(N(c2ccc(C(C)(C)C)cc2)c2cc3c(c4oc5ccccc5c24)-c2cc4c(cc2[Si]3(C)C)-c2c(cc(N(c3ccc(C(C)(C)C)cc3)c3ccc(C(C)(C)C)cc3)c3c2oc2ccccc23)[Si]4(C)C)C=C1. The van der Waals surface area contributed by atoms with Gasteiger partial charge in [0.2, 0.25) is 0 Å². The Bertz CT molecular complexity index is 4170. The van der Waals surface area contributed by atoms with E-state index in [9.17, 15) is 0 Å². The first-order valence-corrected chi connectivity index (χ1v) is 35.2. The zero-order valence-electron chi connectivity index (χ0n) is 50.1. The fourth-order valence-corrected chi connectivity index (χ4v) is 19.7. The van der Waals surface area contributed by atoms with Crippen LogP contribution in [0.5, 0.6) is 0 Å². The number of furan rings is 2. The Kier molecular flexibility index (Phi) is 11.6. The van der Waals surface area contributed by atoms with Gasteiger partial charge in [-0.25, -0.2) is 0 Å². The maximum absolute atomic E-state index is 7.34. The molecule has 404 valence electrons. The number of anilines is 5. The predicted molar refractivity (Wildman–Crippen MR) is 350 cm³/mol. The molecule has 13 rings (SSSR count). The molecular formula is C74H78N2O2Si2. The fourth-order valence-electron chi connectivity index (χ4n) is 13.6. The molecule has 4 heterocycles. The molecule has 0 saturated carbocycles. The second-order valence-corrected chi connectivity index (χ2v) is 37.3. The van der Waals surface area contributed by atoms with Gasteiger partial charge >= 0.3 is 0 Å². The van der Waals surface area contributed by atoms with E-state index in [1.165, 1.54) is 82.0 Å². The summed E-state index contributed by atoms with van der Waals surface area (Å²) in [7, 11) is -4.91. The molecule has 0 N–H and O–H groups in total. The van der Waals surface area contributed by atoms with Gasteiger partial charge in [0.05, 0.1) is 28.2 Å². The number of hydrogen-bond acceptors (Lipinski definition) is 4. The van der Waals surface area contributed by atoms with Crippen molar-refractivity contribution in [2.24, 2.45) is 5.41 Å². The Morgan fingerprint density at radius 2 is 0.838 bits per heavy atom. The third-order valence-corrected chi connectivity index (χ3v) is 25.4. The molecule has 3 aliphatic rings. The van der Waals surface area contributed by atoms with Crippen molar-refractivity contribution < 1.29 is 8.83 Å². The Morgan fingerprint density at radius 1 is 0.438 bits per heavy atom. The van der Waals surface area contributed by atoms with E-state index in [2.05, 4.69) is 283 Å². The smallest absolute Gasteiger partial charge is 0.145 e. The molecule has 0 spiro atoms. The molecule has 0 amide bonds. The standard InChI is InChI=1S/C74H78N2O2Si2/c1-71(2,3)45-25-33-49(34-26-45)75(50-35-27-46(28-36-50)72(4,5)6)57-43-63-67(69-65(57)53-21-17-19-23-59(53)77-69)55-41-62-56(42-61(55)79(63,13)14)68-64(80(62,15)16)44-58(66-54-22-18-20-24-60(54)78-70(66)68)76(51-37-29-47(30-38-51)73(7,8)9)52-39-31-48(32-40-52)74(10,11)12/h17-39,41-44,52H,40H2,1-16H3. The summed E-state index contributed by atoms with van der Waals surface area (Å²) < 4.78 is 14.7. The molecular weight excluding hydrogens is 1000 g/mol. The lowest BCUT2D eigenvalue weighted by Crippen LogP contribution is -2.51. The van der Waals surface area contributed by atoms with Gasteiger partial charge in [0.1, 0.15) is 38.5 Å². The highest BCUT2D eigenvalue weighted by Gasteiger charge is 2.47. The molecule has 80 heavy (non-hydrogen) atoms. The zero-order chi connectivity index (χ0) is 56.4. The van der Waals surface area contributed by atoms with Crippen LogP contribution in [0.15, 0.2) is 178 Å². The van der Waals surface area contributed by atoms with E-state index in [0.717, 1.165) is 62.0 Å². The maximum atomic E-state index is 7.34. The van der Waals surface area contributed by atoms with E-state index in [1.54, 1.807) is 0 Å². The van der Waals surface area contributed by atoms with Crippen LogP contribution in [0.1, 0.15) is 106 Å². The minimum atomic E-state index is -2.46. The van der Waals surface area contributed by atoms with Crippen LogP contribution in [0.3, 0.4) is 0 Å². The van der Waals surface area contributed by atoms with Crippen molar-refractivity contribution in [3.8, 4) is 22.3 Å². The van der Waals surface area contributed by atoms with Gasteiger partial charge in [-0.2, -0.15) is 0 Å². The molecule has 1 unspecified atom stereocenters. The van der Waals surface area contributed by atoms with Gasteiger partial charge < -0.3 is 18.6 Å². The van der Waals surface area contributed by atoms with Gasteiger partial charge in [-0.3, -0.25) is 0 Å². The first-order valence-electron chi connectivity index (χ1n) is 29.2. The number of allylic oxidation sites excluding steroid dienone is 2. The number of para-hydroxylation sites is 2. The van der Waals surface area contributed by atoms with Gasteiger partial charge in [-0.05, 0) is 143 Å². The lowest BCUT2D eigenvalue weighted by Gasteiger charge is -2.36. The van der Waals surface area contributed by atoms with Crippen molar-refractivity contribution in [1.29, 1.82) is 0 Å². The van der Waals surface area contributed by atoms with Crippen LogP contribution in [-0.2, 0) is 16.2 Å². The van der Waals surface area contributed by atoms with E-state index in [1.807, 2.05) is 0 Å². The second kappa shape index (κ2) is 17.7. The molecule has 0 bridgehead atoms. The highest BCUT2D eigenvalue weighted by Crippen LogP contribution is 2.51. The van der Waals surface area contributed by atoms with Crippen molar-refractivity contribution in [1.82, 2.24) is 0 Å². The van der Waals surface area contributed by atoms with E-state index in [4.69, 9.17) is 8.83 Å². The van der Waals surface area contributed by atoms with E-state index in [0.29, 0.717) is 0 Å². The molecule has 1 aliphatic carbocycles. The van der Waals surface area contributed by atoms with Gasteiger partial charge in [0.15, 0.2) is 0 Å². The Balaban J connectivity index is 1.04. The maximum Gasteiger partial charge on any atom is 0.145 e. The van der Waals surface area contributed by atoms with Crippen molar-refractivity contribution in [3.63, 3.8) is 0 Å². The van der Waals surface area contributed by atoms with E-state index >= 15 is 0 Å². The molecule has 0 saturated heterocycles. The summed E-state index contributed by atoms with van der Waals surface area (Å²) in [6.45, 7) is 37.9. The summed E-state index contributed by atoms with van der Waals surface area (Å²) in [6.07, 6.45) is 8.23. The highest BCUT2D eigenvalue weighted by atomic mass is 28.3. The van der Waals surface area contributed by atoms with Crippen LogP contribution in [0.4, 0.5) is 28.4 Å². The van der Waals surface area contributed by atoms with Crippen molar-refractivity contribution in [3.05, 3.63) is 186 Å². The summed E-state index contributed by atoms with van der Waals surface area (Å²) in [6, 6.07) is 56.0. The largest absolute Gasteiger partial charge is 0.455 e. The number of benzene rings is 8. The number of rotatable bonds is 6. The molecule has 4 nitrogen and oxygen atoms in total. The van der Waals surface area contributed by atoms with Crippen molar-refractivity contribution in [2.45, 2.75) is 138 Å². The fraction of sp³-hybridized carbons (Fsp3) is 0.297. The molecule has 2 aromatic heterocycles. The van der Waals surface area contributed by atoms with E-state index < -0.39 is 16.1 Å². The third-order valence-electron chi connectivity index (χ3n) is 18.4. The quantitative estimate of drug-likeness (QED) is 0.155. The minimum absolute atomic E-state index is 0.0256.